The maximum atomic E-state index is 12.1. The summed E-state index contributed by atoms with van der Waals surface area (Å²) in [5.41, 5.74) is -0.0349. The van der Waals surface area contributed by atoms with Crippen LogP contribution in [-0.2, 0) is 10.0 Å². The summed E-state index contributed by atoms with van der Waals surface area (Å²) < 4.78 is 26.9. The van der Waals surface area contributed by atoms with Crippen LogP contribution in [0.3, 0.4) is 0 Å². The summed E-state index contributed by atoms with van der Waals surface area (Å²) in [5.74, 6) is -1.13. The van der Waals surface area contributed by atoms with E-state index in [0.717, 1.165) is 25.5 Å². The maximum absolute atomic E-state index is 12.1. The fraction of sp³-hybridized carbons (Fsp3) is 0.500. The highest BCUT2D eigenvalue weighted by Crippen LogP contribution is 2.28. The summed E-state index contributed by atoms with van der Waals surface area (Å²) in [6, 6.07) is 2.38. The Bertz CT molecular complexity index is 586. The molecule has 2 rings (SSSR count). The fourth-order valence-corrected chi connectivity index (χ4v) is 4.22. The van der Waals surface area contributed by atoms with Crippen molar-refractivity contribution in [3.63, 3.8) is 0 Å². The maximum Gasteiger partial charge on any atom is 0.337 e. The lowest BCUT2D eigenvalue weighted by atomic mass is 10.3. The van der Waals surface area contributed by atoms with Gasteiger partial charge in [0.25, 0.3) is 10.0 Å². The Morgan fingerprint density at radius 1 is 1.45 bits per heavy atom. The standard InChI is InChI=1S/C12H16N2O4S2/c1-19-10-4-3-9(6-10)14-20(17,18)11-5-2-8(7-13-11)12(15)16/h2,5,7,9-10,14H,3-4,6H2,1H3,(H,15,16). The summed E-state index contributed by atoms with van der Waals surface area (Å²) in [5, 5.41) is 9.10. The molecule has 1 aliphatic carbocycles. The summed E-state index contributed by atoms with van der Waals surface area (Å²) in [6.07, 6.45) is 5.70. The summed E-state index contributed by atoms with van der Waals surface area (Å²) in [4.78, 5) is 14.4. The molecule has 2 atom stereocenters. The lowest BCUT2D eigenvalue weighted by Gasteiger charge is -2.12. The Morgan fingerprint density at radius 2 is 2.20 bits per heavy atom. The van der Waals surface area contributed by atoms with Crippen LogP contribution in [-0.4, -0.2) is 42.0 Å². The van der Waals surface area contributed by atoms with Gasteiger partial charge in [-0.25, -0.2) is 22.9 Å². The van der Waals surface area contributed by atoms with Gasteiger partial charge in [0, 0.05) is 17.5 Å². The van der Waals surface area contributed by atoms with Crippen LogP contribution >= 0.6 is 11.8 Å². The number of carboxylic acid groups (broad SMARTS) is 1. The molecule has 0 radical (unpaired) electrons. The van der Waals surface area contributed by atoms with Crippen LogP contribution in [0.5, 0.6) is 0 Å². The van der Waals surface area contributed by atoms with Gasteiger partial charge in [0.2, 0.25) is 0 Å². The van der Waals surface area contributed by atoms with Crippen LogP contribution < -0.4 is 4.72 Å². The lowest BCUT2D eigenvalue weighted by Crippen LogP contribution is -2.33. The van der Waals surface area contributed by atoms with Gasteiger partial charge >= 0.3 is 5.97 Å². The van der Waals surface area contributed by atoms with Crippen molar-refractivity contribution in [2.45, 2.75) is 35.6 Å². The molecule has 8 heteroatoms. The molecule has 1 aromatic rings. The molecule has 0 aromatic carbocycles. The molecule has 0 bridgehead atoms. The van der Waals surface area contributed by atoms with Gasteiger partial charge in [-0.3, -0.25) is 0 Å². The number of hydrogen-bond donors (Lipinski definition) is 2. The molecular formula is C12H16N2O4S2. The highest BCUT2D eigenvalue weighted by atomic mass is 32.2. The molecule has 0 amide bonds. The van der Waals surface area contributed by atoms with Crippen molar-refractivity contribution in [1.82, 2.24) is 9.71 Å². The molecule has 0 aliphatic heterocycles. The minimum absolute atomic E-state index is 0.0349. The largest absolute Gasteiger partial charge is 0.478 e. The Hall–Kier alpha value is -1.12. The predicted molar refractivity (Wildman–Crippen MR) is 76.5 cm³/mol. The predicted octanol–water partition coefficient (Wildman–Crippen LogP) is 1.34. The molecule has 1 aliphatic rings. The average molecular weight is 316 g/mol. The number of carbonyl (C=O) groups is 1. The first-order valence-corrected chi connectivity index (χ1v) is 8.94. The van der Waals surface area contributed by atoms with Crippen LogP contribution in [0.15, 0.2) is 23.4 Å². The Labute approximate surface area is 122 Å². The van der Waals surface area contributed by atoms with Gasteiger partial charge in [-0.05, 0) is 37.7 Å². The molecule has 0 saturated heterocycles. The molecule has 20 heavy (non-hydrogen) atoms. The van der Waals surface area contributed by atoms with Gasteiger partial charge in [0.05, 0.1) is 5.56 Å². The Kier molecular flexibility index (Phi) is 4.66. The van der Waals surface area contributed by atoms with Crippen LogP contribution in [0.2, 0.25) is 0 Å². The third-order valence-electron chi connectivity index (χ3n) is 3.30. The van der Waals surface area contributed by atoms with Crippen LogP contribution in [0, 0.1) is 0 Å². The van der Waals surface area contributed by atoms with E-state index in [-0.39, 0.29) is 16.6 Å². The quantitative estimate of drug-likeness (QED) is 0.851. The number of carboxylic acids is 1. The number of sulfonamides is 1. The van der Waals surface area contributed by atoms with Crippen LogP contribution in [0.4, 0.5) is 0 Å². The van der Waals surface area contributed by atoms with Crippen LogP contribution in [0.25, 0.3) is 0 Å². The molecular weight excluding hydrogens is 300 g/mol. The second-order valence-corrected chi connectivity index (χ2v) is 7.48. The van der Waals surface area contributed by atoms with Crippen molar-refractivity contribution in [1.29, 1.82) is 0 Å². The van der Waals surface area contributed by atoms with E-state index >= 15 is 0 Å². The van der Waals surface area contributed by atoms with Crippen molar-refractivity contribution >= 4 is 27.8 Å². The summed E-state index contributed by atoms with van der Waals surface area (Å²) in [6.45, 7) is 0. The number of nitrogens with zero attached hydrogens (tertiary/aromatic N) is 1. The molecule has 0 spiro atoms. The number of aromatic nitrogens is 1. The molecule has 2 N–H and O–H groups in total. The van der Waals surface area contributed by atoms with Crippen molar-refractivity contribution in [2.75, 3.05) is 6.26 Å². The molecule has 1 aromatic heterocycles. The van der Waals surface area contributed by atoms with E-state index in [2.05, 4.69) is 9.71 Å². The van der Waals surface area contributed by atoms with E-state index in [1.165, 1.54) is 12.1 Å². The lowest BCUT2D eigenvalue weighted by molar-refractivity contribution is 0.0696. The minimum atomic E-state index is -3.68. The molecule has 110 valence electrons. The van der Waals surface area contributed by atoms with E-state index in [9.17, 15) is 13.2 Å². The van der Waals surface area contributed by atoms with E-state index in [1.807, 2.05) is 6.26 Å². The Balaban J connectivity index is 2.08. The van der Waals surface area contributed by atoms with Gasteiger partial charge in [0.15, 0.2) is 5.03 Å². The van der Waals surface area contributed by atoms with E-state index < -0.39 is 16.0 Å². The molecule has 1 fully saturated rings. The van der Waals surface area contributed by atoms with Crippen LogP contribution in [0.1, 0.15) is 29.6 Å². The van der Waals surface area contributed by atoms with Gasteiger partial charge in [-0.2, -0.15) is 11.8 Å². The molecule has 1 heterocycles. The van der Waals surface area contributed by atoms with Crippen molar-refractivity contribution in [3.05, 3.63) is 23.9 Å². The first kappa shape index (κ1) is 15.3. The van der Waals surface area contributed by atoms with E-state index in [1.54, 1.807) is 11.8 Å². The van der Waals surface area contributed by atoms with Gasteiger partial charge in [0.1, 0.15) is 0 Å². The number of hydrogen-bond acceptors (Lipinski definition) is 5. The number of nitrogens with one attached hydrogen (secondary N) is 1. The highest BCUT2D eigenvalue weighted by molar-refractivity contribution is 7.99. The topological polar surface area (TPSA) is 96.4 Å². The van der Waals surface area contributed by atoms with Gasteiger partial charge < -0.3 is 5.11 Å². The summed E-state index contributed by atoms with van der Waals surface area (Å²) in [7, 11) is -3.68. The second kappa shape index (κ2) is 6.11. The monoisotopic (exact) mass is 316 g/mol. The van der Waals surface area contributed by atoms with Crippen molar-refractivity contribution in [2.24, 2.45) is 0 Å². The van der Waals surface area contributed by atoms with E-state index in [0.29, 0.717) is 5.25 Å². The van der Waals surface area contributed by atoms with Gasteiger partial charge in [-0.15, -0.1) is 0 Å². The number of pyridine rings is 1. The van der Waals surface area contributed by atoms with E-state index in [4.69, 9.17) is 5.11 Å². The minimum Gasteiger partial charge on any atom is -0.478 e. The number of rotatable bonds is 5. The zero-order chi connectivity index (χ0) is 14.8. The second-order valence-electron chi connectivity index (χ2n) is 4.68. The first-order valence-electron chi connectivity index (χ1n) is 6.17. The average Bonchev–Trinajstić information content (AvgIpc) is 2.85. The normalized spacial score (nSPS) is 22.9. The zero-order valence-corrected chi connectivity index (χ0v) is 12.6. The third kappa shape index (κ3) is 3.50. The smallest absolute Gasteiger partial charge is 0.337 e. The third-order valence-corrected chi connectivity index (χ3v) is 5.83. The van der Waals surface area contributed by atoms with Crippen molar-refractivity contribution in [3.8, 4) is 0 Å². The number of thioether (sulfide) groups is 1. The highest BCUT2D eigenvalue weighted by Gasteiger charge is 2.28. The molecule has 1 saturated carbocycles. The summed E-state index contributed by atoms with van der Waals surface area (Å²) >= 11 is 1.75. The van der Waals surface area contributed by atoms with Crippen molar-refractivity contribution < 1.29 is 18.3 Å². The zero-order valence-electron chi connectivity index (χ0n) is 10.9. The first-order chi connectivity index (χ1) is 9.42. The van der Waals surface area contributed by atoms with Gasteiger partial charge in [-0.1, -0.05) is 0 Å². The Morgan fingerprint density at radius 3 is 2.70 bits per heavy atom. The SMILES string of the molecule is CSC1CCC(NS(=O)(=O)c2ccc(C(=O)O)cn2)C1. The number of aromatic carboxylic acids is 1. The fourth-order valence-electron chi connectivity index (χ4n) is 2.21. The molecule has 6 nitrogen and oxygen atoms in total. The molecule has 2 unspecified atom stereocenters.